The summed E-state index contributed by atoms with van der Waals surface area (Å²) in [4.78, 5) is 17.4. The molecule has 0 bridgehead atoms. The Morgan fingerprint density at radius 3 is 3.12 bits per heavy atom. The van der Waals surface area contributed by atoms with E-state index in [1.54, 1.807) is 18.0 Å². The number of halogens is 1. The first-order valence-electron chi connectivity index (χ1n) is 5.32. The molecule has 2 rings (SSSR count). The second-order valence-corrected chi connectivity index (χ2v) is 5.93. The highest BCUT2D eigenvalue weighted by atomic mass is 79.9. The molecule has 1 aliphatic heterocycles. The lowest BCUT2D eigenvalue weighted by Gasteiger charge is -2.32. The van der Waals surface area contributed by atoms with Crippen molar-refractivity contribution in [2.45, 2.75) is 12.6 Å². The van der Waals surface area contributed by atoms with Gasteiger partial charge in [-0.3, -0.25) is 14.7 Å². The number of hydrogen-bond acceptors (Lipinski definition) is 4. The molecule has 1 saturated heterocycles. The number of carbonyl (C=O) groups is 1. The van der Waals surface area contributed by atoms with Crippen LogP contribution in [0.5, 0.6) is 0 Å². The zero-order valence-corrected chi connectivity index (χ0v) is 11.6. The Hall–Kier alpha value is -0.590. The fraction of sp³-hybridized carbons (Fsp3) is 0.455. The third kappa shape index (κ3) is 3.43. The summed E-state index contributed by atoms with van der Waals surface area (Å²) in [6.45, 7) is 1.41. The van der Waals surface area contributed by atoms with Gasteiger partial charge >= 0.3 is 5.97 Å². The molecule has 2 heterocycles. The number of hydrogen-bond donors (Lipinski definition) is 1. The molecule has 0 radical (unpaired) electrons. The van der Waals surface area contributed by atoms with E-state index >= 15 is 0 Å². The monoisotopic (exact) mass is 316 g/mol. The van der Waals surface area contributed by atoms with E-state index in [-0.39, 0.29) is 6.04 Å². The van der Waals surface area contributed by atoms with Gasteiger partial charge in [0.1, 0.15) is 6.04 Å². The number of carboxylic acids is 1. The highest BCUT2D eigenvalue weighted by molar-refractivity contribution is 9.10. The summed E-state index contributed by atoms with van der Waals surface area (Å²) in [5.41, 5.74) is 0.909. The molecule has 1 aromatic heterocycles. The van der Waals surface area contributed by atoms with E-state index in [0.29, 0.717) is 12.3 Å². The van der Waals surface area contributed by atoms with Crippen LogP contribution in [0.4, 0.5) is 0 Å². The topological polar surface area (TPSA) is 53.4 Å². The molecular weight excluding hydrogens is 304 g/mol. The molecule has 4 nitrogen and oxygen atoms in total. The van der Waals surface area contributed by atoms with Gasteiger partial charge < -0.3 is 5.11 Å². The van der Waals surface area contributed by atoms with Crippen molar-refractivity contribution in [1.82, 2.24) is 9.88 Å². The van der Waals surface area contributed by atoms with Crippen molar-refractivity contribution in [3.8, 4) is 0 Å². The molecule has 1 fully saturated rings. The first-order chi connectivity index (χ1) is 8.16. The summed E-state index contributed by atoms with van der Waals surface area (Å²) in [5.74, 6) is 0.904. The average molecular weight is 317 g/mol. The molecule has 17 heavy (non-hydrogen) atoms. The van der Waals surface area contributed by atoms with Gasteiger partial charge in [0.25, 0.3) is 0 Å². The maximum atomic E-state index is 11.1. The molecule has 1 aliphatic rings. The summed E-state index contributed by atoms with van der Waals surface area (Å²) < 4.78 is 0.935. The fourth-order valence-corrected chi connectivity index (χ4v) is 3.10. The van der Waals surface area contributed by atoms with Crippen LogP contribution in [0.25, 0.3) is 0 Å². The molecule has 1 unspecified atom stereocenters. The first kappa shape index (κ1) is 12.9. The van der Waals surface area contributed by atoms with Crippen LogP contribution < -0.4 is 0 Å². The maximum absolute atomic E-state index is 11.1. The summed E-state index contributed by atoms with van der Waals surface area (Å²) in [5, 5.41) is 9.15. The van der Waals surface area contributed by atoms with E-state index in [1.807, 2.05) is 17.0 Å². The van der Waals surface area contributed by atoms with Crippen LogP contribution in [0.3, 0.4) is 0 Å². The molecule has 0 aliphatic carbocycles. The molecule has 0 spiro atoms. The van der Waals surface area contributed by atoms with Crippen LogP contribution in [-0.4, -0.2) is 45.1 Å². The van der Waals surface area contributed by atoms with Crippen LogP contribution in [0.2, 0.25) is 0 Å². The molecular formula is C11H13BrN2O2S. The van der Waals surface area contributed by atoms with Crippen molar-refractivity contribution >= 4 is 33.7 Å². The number of aromatic nitrogens is 1. The van der Waals surface area contributed by atoms with E-state index in [9.17, 15) is 4.79 Å². The average Bonchev–Trinajstić information content (AvgIpc) is 2.32. The summed E-state index contributed by atoms with van der Waals surface area (Å²) in [6, 6.07) is 3.46. The van der Waals surface area contributed by atoms with Crippen molar-refractivity contribution in [3.63, 3.8) is 0 Å². The van der Waals surface area contributed by atoms with Gasteiger partial charge in [0, 0.05) is 35.3 Å². The second kappa shape index (κ2) is 5.84. The van der Waals surface area contributed by atoms with E-state index in [4.69, 9.17) is 5.11 Å². The molecule has 92 valence electrons. The first-order valence-corrected chi connectivity index (χ1v) is 7.26. The lowest BCUT2D eigenvalue weighted by atomic mass is 10.2. The third-order valence-electron chi connectivity index (χ3n) is 2.68. The van der Waals surface area contributed by atoms with Gasteiger partial charge in [-0.25, -0.2) is 0 Å². The van der Waals surface area contributed by atoms with Crippen molar-refractivity contribution in [2.24, 2.45) is 0 Å². The largest absolute Gasteiger partial charge is 0.480 e. The highest BCUT2D eigenvalue weighted by Gasteiger charge is 2.28. The second-order valence-electron chi connectivity index (χ2n) is 3.87. The minimum atomic E-state index is -0.741. The number of nitrogens with zero attached hydrogens (tertiary/aromatic N) is 2. The van der Waals surface area contributed by atoms with E-state index in [2.05, 4.69) is 20.9 Å². The fourth-order valence-electron chi connectivity index (χ4n) is 1.76. The molecule has 1 aromatic rings. The quantitative estimate of drug-likeness (QED) is 0.922. The lowest BCUT2D eigenvalue weighted by Crippen LogP contribution is -2.46. The van der Waals surface area contributed by atoms with Gasteiger partial charge in [-0.2, -0.15) is 11.8 Å². The lowest BCUT2D eigenvalue weighted by molar-refractivity contribution is -0.142. The van der Waals surface area contributed by atoms with Gasteiger partial charge in [0.05, 0.1) is 5.69 Å². The van der Waals surface area contributed by atoms with Gasteiger partial charge in [0.15, 0.2) is 0 Å². The minimum Gasteiger partial charge on any atom is -0.480 e. The Kier molecular flexibility index (Phi) is 4.42. The Morgan fingerprint density at radius 2 is 2.47 bits per heavy atom. The van der Waals surface area contributed by atoms with Crippen molar-refractivity contribution in [2.75, 3.05) is 18.1 Å². The predicted octanol–water partition coefficient (Wildman–Crippen LogP) is 1.85. The van der Waals surface area contributed by atoms with Crippen molar-refractivity contribution < 1.29 is 9.90 Å². The third-order valence-corrected chi connectivity index (χ3v) is 4.17. The molecule has 0 amide bonds. The minimum absolute atomic E-state index is 0.390. The van der Waals surface area contributed by atoms with Gasteiger partial charge in [-0.1, -0.05) is 0 Å². The van der Waals surface area contributed by atoms with Crippen molar-refractivity contribution in [3.05, 3.63) is 28.5 Å². The van der Waals surface area contributed by atoms with E-state index in [1.165, 1.54) is 0 Å². The number of pyridine rings is 1. The van der Waals surface area contributed by atoms with E-state index in [0.717, 1.165) is 22.5 Å². The normalized spacial score (nSPS) is 21.4. The molecule has 1 N–H and O–H groups in total. The standard InChI is InChI=1S/C11H13BrN2O2S/c12-8-1-2-9(13-5-8)6-14-3-4-17-7-10(14)11(15)16/h1-2,5,10H,3-4,6-7H2,(H,15,16). The number of rotatable bonds is 3. The van der Waals surface area contributed by atoms with Crippen LogP contribution >= 0.6 is 27.7 Å². The molecule has 0 saturated carbocycles. The predicted molar refractivity (Wildman–Crippen MR) is 71.1 cm³/mol. The summed E-state index contributed by atoms with van der Waals surface area (Å²) in [6.07, 6.45) is 1.74. The number of aliphatic carboxylic acids is 1. The zero-order valence-electron chi connectivity index (χ0n) is 9.17. The molecule has 0 aromatic carbocycles. The van der Waals surface area contributed by atoms with Crippen LogP contribution in [0, 0.1) is 0 Å². The SMILES string of the molecule is O=C(O)C1CSCCN1Cc1ccc(Br)cn1. The molecule has 6 heteroatoms. The Balaban J connectivity index is 2.05. The van der Waals surface area contributed by atoms with Gasteiger partial charge in [-0.05, 0) is 28.1 Å². The van der Waals surface area contributed by atoms with Crippen LogP contribution in [-0.2, 0) is 11.3 Å². The number of thioether (sulfide) groups is 1. The highest BCUT2D eigenvalue weighted by Crippen LogP contribution is 2.19. The molecule has 1 atom stereocenters. The Bertz CT molecular complexity index is 399. The smallest absolute Gasteiger partial charge is 0.321 e. The Labute approximate surface area is 113 Å². The zero-order chi connectivity index (χ0) is 12.3. The summed E-state index contributed by atoms with van der Waals surface area (Å²) >= 11 is 5.03. The van der Waals surface area contributed by atoms with E-state index < -0.39 is 5.97 Å². The Morgan fingerprint density at radius 1 is 1.65 bits per heavy atom. The maximum Gasteiger partial charge on any atom is 0.321 e. The van der Waals surface area contributed by atoms with Crippen LogP contribution in [0.15, 0.2) is 22.8 Å². The van der Waals surface area contributed by atoms with Crippen LogP contribution in [0.1, 0.15) is 5.69 Å². The van der Waals surface area contributed by atoms with Gasteiger partial charge in [-0.15, -0.1) is 0 Å². The number of carboxylic acid groups (broad SMARTS) is 1. The summed E-state index contributed by atoms with van der Waals surface area (Å²) in [7, 11) is 0. The van der Waals surface area contributed by atoms with Gasteiger partial charge in [0.2, 0.25) is 0 Å². The van der Waals surface area contributed by atoms with Crippen molar-refractivity contribution in [1.29, 1.82) is 0 Å².